The number of benzene rings is 2. The Bertz CT molecular complexity index is 642. The molecule has 0 saturated heterocycles. The van der Waals surface area contributed by atoms with E-state index >= 15 is 0 Å². The summed E-state index contributed by atoms with van der Waals surface area (Å²) in [5.74, 6) is -1.91. The van der Waals surface area contributed by atoms with E-state index < -0.39 is 17.5 Å². The largest absolute Gasteiger partial charge is 0.398 e. The summed E-state index contributed by atoms with van der Waals surface area (Å²) in [6, 6.07) is 7.85. The molecule has 0 aliphatic heterocycles. The summed E-state index contributed by atoms with van der Waals surface area (Å²) in [4.78, 5) is 12.4. The number of rotatable bonds is 4. The summed E-state index contributed by atoms with van der Waals surface area (Å²) in [5.41, 5.74) is 6.29. The van der Waals surface area contributed by atoms with E-state index in [1.807, 2.05) is 0 Å². The molecule has 3 N–H and O–H groups in total. The molecule has 0 radical (unpaired) electrons. The first-order valence-electron chi connectivity index (χ1n) is 5.88. The molecule has 0 aliphatic carbocycles. The average molecular weight is 329 g/mol. The van der Waals surface area contributed by atoms with Crippen LogP contribution in [0.15, 0.2) is 41.3 Å². The molecule has 2 aromatic rings. The number of carbonyl (C=O) groups is 1. The number of thioether (sulfide) groups is 1. The molecule has 0 bridgehead atoms. The molecule has 0 aromatic heterocycles. The number of halogens is 3. The van der Waals surface area contributed by atoms with Gasteiger partial charge in [-0.1, -0.05) is 17.7 Å². The number of hydrogen-bond acceptors (Lipinski definition) is 3. The Hall–Kier alpha value is -1.79. The van der Waals surface area contributed by atoms with Gasteiger partial charge in [0.05, 0.1) is 10.8 Å². The van der Waals surface area contributed by atoms with Gasteiger partial charge in [0, 0.05) is 22.3 Å². The second-order valence-corrected chi connectivity index (χ2v) is 5.55. The lowest BCUT2D eigenvalue weighted by Crippen LogP contribution is -2.14. The van der Waals surface area contributed by atoms with Crippen molar-refractivity contribution < 1.29 is 13.6 Å². The van der Waals surface area contributed by atoms with Gasteiger partial charge in [-0.15, -0.1) is 11.8 Å². The van der Waals surface area contributed by atoms with E-state index in [4.69, 9.17) is 17.3 Å². The smallest absolute Gasteiger partial charge is 0.234 e. The number of nitrogens with one attached hydrogen (secondary N) is 1. The number of nitrogen functional groups attached to an aromatic ring is 1. The van der Waals surface area contributed by atoms with Crippen molar-refractivity contribution in [2.45, 2.75) is 4.90 Å². The number of amides is 1. The monoisotopic (exact) mass is 328 g/mol. The average Bonchev–Trinajstić information content (AvgIpc) is 2.36. The Balaban J connectivity index is 1.99. The second kappa shape index (κ2) is 6.78. The number of carbonyl (C=O) groups excluding carboxylic acids is 1. The van der Waals surface area contributed by atoms with Crippen LogP contribution in [0.3, 0.4) is 0 Å². The van der Waals surface area contributed by atoms with Gasteiger partial charge in [-0.3, -0.25) is 4.79 Å². The number of hydrogen-bond donors (Lipinski definition) is 2. The molecule has 110 valence electrons. The molecule has 0 fully saturated rings. The van der Waals surface area contributed by atoms with E-state index in [0.717, 1.165) is 30.0 Å². The van der Waals surface area contributed by atoms with Crippen molar-refractivity contribution in [2.75, 3.05) is 16.8 Å². The Morgan fingerprint density at radius 3 is 2.52 bits per heavy atom. The van der Waals surface area contributed by atoms with Crippen LogP contribution in [-0.2, 0) is 4.79 Å². The van der Waals surface area contributed by atoms with Crippen LogP contribution in [0.4, 0.5) is 20.2 Å². The van der Waals surface area contributed by atoms with Crippen molar-refractivity contribution in [3.63, 3.8) is 0 Å². The van der Waals surface area contributed by atoms with Gasteiger partial charge in [-0.05, 0) is 24.3 Å². The van der Waals surface area contributed by atoms with Crippen molar-refractivity contribution in [2.24, 2.45) is 0 Å². The van der Waals surface area contributed by atoms with Crippen LogP contribution in [0.2, 0.25) is 5.02 Å². The molecule has 21 heavy (non-hydrogen) atoms. The predicted molar refractivity (Wildman–Crippen MR) is 81.6 cm³/mol. The van der Waals surface area contributed by atoms with E-state index in [-0.39, 0.29) is 11.4 Å². The van der Waals surface area contributed by atoms with Gasteiger partial charge < -0.3 is 11.1 Å². The summed E-state index contributed by atoms with van der Waals surface area (Å²) in [6.45, 7) is 0. The molecular weight excluding hydrogens is 318 g/mol. The first-order chi connectivity index (χ1) is 9.95. The van der Waals surface area contributed by atoms with Crippen LogP contribution in [0.1, 0.15) is 0 Å². The van der Waals surface area contributed by atoms with Gasteiger partial charge in [0.25, 0.3) is 0 Å². The Morgan fingerprint density at radius 1 is 1.24 bits per heavy atom. The van der Waals surface area contributed by atoms with Crippen molar-refractivity contribution in [1.82, 2.24) is 0 Å². The highest BCUT2D eigenvalue weighted by Crippen LogP contribution is 2.32. The number of anilines is 2. The van der Waals surface area contributed by atoms with Crippen LogP contribution in [0.25, 0.3) is 0 Å². The molecule has 3 nitrogen and oxygen atoms in total. The molecule has 0 spiro atoms. The lowest BCUT2D eigenvalue weighted by atomic mass is 10.3. The minimum Gasteiger partial charge on any atom is -0.398 e. The van der Waals surface area contributed by atoms with Gasteiger partial charge >= 0.3 is 0 Å². The van der Waals surface area contributed by atoms with E-state index in [2.05, 4.69) is 5.32 Å². The third kappa shape index (κ3) is 4.34. The predicted octanol–water partition coefficient (Wildman–Crippen LogP) is 3.93. The highest BCUT2D eigenvalue weighted by atomic mass is 35.5. The Kier molecular flexibility index (Phi) is 5.03. The fourth-order valence-electron chi connectivity index (χ4n) is 1.64. The van der Waals surface area contributed by atoms with Gasteiger partial charge in [0.15, 0.2) is 0 Å². The van der Waals surface area contributed by atoms with Gasteiger partial charge in [0.2, 0.25) is 5.91 Å². The lowest BCUT2D eigenvalue weighted by molar-refractivity contribution is -0.113. The maximum absolute atomic E-state index is 13.0. The molecular formula is C14H11ClF2N2OS. The van der Waals surface area contributed by atoms with Gasteiger partial charge in [-0.2, -0.15) is 0 Å². The minimum absolute atomic E-state index is 0.0199. The Labute approximate surface area is 129 Å². The maximum atomic E-state index is 13.0. The van der Waals surface area contributed by atoms with Gasteiger partial charge in [0.1, 0.15) is 11.6 Å². The van der Waals surface area contributed by atoms with Crippen LogP contribution < -0.4 is 11.1 Å². The molecule has 2 aromatic carbocycles. The summed E-state index contributed by atoms with van der Waals surface area (Å²) >= 11 is 7.14. The highest BCUT2D eigenvalue weighted by molar-refractivity contribution is 8.00. The second-order valence-electron chi connectivity index (χ2n) is 4.15. The fourth-order valence-corrected chi connectivity index (χ4v) is 2.77. The van der Waals surface area contributed by atoms with Crippen molar-refractivity contribution >= 4 is 40.6 Å². The van der Waals surface area contributed by atoms with Crippen molar-refractivity contribution in [3.05, 3.63) is 53.1 Å². The third-order valence-corrected chi connectivity index (χ3v) is 4.07. The third-order valence-electron chi connectivity index (χ3n) is 2.49. The van der Waals surface area contributed by atoms with Crippen LogP contribution in [0.5, 0.6) is 0 Å². The zero-order chi connectivity index (χ0) is 15.4. The molecule has 0 heterocycles. The molecule has 7 heteroatoms. The summed E-state index contributed by atoms with van der Waals surface area (Å²) < 4.78 is 26.0. The Morgan fingerprint density at radius 2 is 1.90 bits per heavy atom. The lowest BCUT2D eigenvalue weighted by Gasteiger charge is -2.08. The standard InChI is InChI=1S/C14H11ClF2N2OS/c15-11-2-1-3-12(18)14(11)21-7-13(20)19-10-5-8(16)4-9(17)6-10/h1-6H,7,18H2,(H,19,20). The summed E-state index contributed by atoms with van der Waals surface area (Å²) in [7, 11) is 0. The molecule has 0 saturated carbocycles. The van der Waals surface area contributed by atoms with E-state index in [1.54, 1.807) is 18.2 Å². The maximum Gasteiger partial charge on any atom is 0.234 e. The van der Waals surface area contributed by atoms with Crippen LogP contribution in [0, 0.1) is 11.6 Å². The van der Waals surface area contributed by atoms with E-state index in [9.17, 15) is 13.6 Å². The zero-order valence-corrected chi connectivity index (χ0v) is 12.3. The highest BCUT2D eigenvalue weighted by Gasteiger charge is 2.10. The minimum atomic E-state index is -0.756. The zero-order valence-electron chi connectivity index (χ0n) is 10.7. The quantitative estimate of drug-likeness (QED) is 0.660. The molecule has 0 unspecified atom stereocenters. The van der Waals surface area contributed by atoms with Crippen molar-refractivity contribution in [1.29, 1.82) is 0 Å². The SMILES string of the molecule is Nc1cccc(Cl)c1SCC(=O)Nc1cc(F)cc(F)c1. The van der Waals surface area contributed by atoms with Gasteiger partial charge in [-0.25, -0.2) is 8.78 Å². The van der Waals surface area contributed by atoms with Crippen LogP contribution in [-0.4, -0.2) is 11.7 Å². The van der Waals surface area contributed by atoms with Crippen LogP contribution >= 0.6 is 23.4 Å². The topological polar surface area (TPSA) is 55.1 Å². The first-order valence-corrected chi connectivity index (χ1v) is 7.25. The fraction of sp³-hybridized carbons (Fsp3) is 0.0714. The van der Waals surface area contributed by atoms with E-state index in [1.165, 1.54) is 0 Å². The summed E-state index contributed by atoms with van der Waals surface area (Å²) in [6.07, 6.45) is 0. The molecule has 1 amide bonds. The van der Waals surface area contributed by atoms with E-state index in [0.29, 0.717) is 15.6 Å². The molecule has 0 aliphatic rings. The normalized spacial score (nSPS) is 10.4. The van der Waals surface area contributed by atoms with Crippen molar-refractivity contribution in [3.8, 4) is 0 Å². The summed E-state index contributed by atoms with van der Waals surface area (Å²) in [5, 5.41) is 2.86. The first kappa shape index (κ1) is 15.6. The molecule has 2 rings (SSSR count). The number of nitrogens with two attached hydrogens (primary N) is 1. The molecule has 0 atom stereocenters.